The van der Waals surface area contributed by atoms with Gasteiger partial charge in [0.15, 0.2) is 0 Å². The van der Waals surface area contributed by atoms with E-state index in [0.717, 1.165) is 22.4 Å². The molecule has 2 N–H and O–H groups in total. The highest BCUT2D eigenvalue weighted by Crippen LogP contribution is 2.32. The van der Waals surface area contributed by atoms with Crippen molar-refractivity contribution in [3.63, 3.8) is 0 Å². The maximum atomic E-state index is 11.1. The summed E-state index contributed by atoms with van der Waals surface area (Å²) in [5.74, 6) is 0.0867. The number of nitrogens with two attached hydrogens (primary N) is 1. The average molecular weight is 257 g/mol. The van der Waals surface area contributed by atoms with Gasteiger partial charge in [0.25, 0.3) is 5.91 Å². The van der Waals surface area contributed by atoms with E-state index in [4.69, 9.17) is 10.5 Å². The Bertz CT molecular complexity index is 639. The second-order valence-electron chi connectivity index (χ2n) is 4.29. The molecule has 5 nitrogen and oxygen atoms in total. The molecule has 0 unspecified atom stereocenters. The minimum Gasteiger partial charge on any atom is -0.496 e. The Kier molecular flexibility index (Phi) is 3.46. The number of carbonyl (C=O) groups is 1. The van der Waals surface area contributed by atoms with E-state index in [-0.39, 0.29) is 5.82 Å². The van der Waals surface area contributed by atoms with E-state index in [2.05, 4.69) is 9.97 Å². The molecule has 0 atom stereocenters. The number of aryl methyl sites for hydroxylation is 2. The standard InChI is InChI=1S/C14H15N3O2/c1-8-6-9(2)12(19-3)10(7-8)11-4-5-16-14(17-11)13(15)18/h4-7H,1-3H3,(H2,15,18). The molecule has 0 fully saturated rings. The molecule has 0 aliphatic carbocycles. The quantitative estimate of drug-likeness (QED) is 0.910. The fraction of sp³-hybridized carbons (Fsp3) is 0.214. The van der Waals surface area contributed by atoms with Gasteiger partial charge >= 0.3 is 0 Å². The maximum Gasteiger partial charge on any atom is 0.286 e. The first-order chi connectivity index (χ1) is 9.02. The van der Waals surface area contributed by atoms with Crippen LogP contribution in [0.15, 0.2) is 24.4 Å². The highest BCUT2D eigenvalue weighted by molar-refractivity contribution is 5.89. The van der Waals surface area contributed by atoms with Gasteiger partial charge in [-0.3, -0.25) is 4.79 Å². The fourth-order valence-corrected chi connectivity index (χ4v) is 2.04. The van der Waals surface area contributed by atoms with Crippen molar-refractivity contribution < 1.29 is 9.53 Å². The van der Waals surface area contributed by atoms with E-state index in [1.807, 2.05) is 26.0 Å². The predicted molar refractivity (Wildman–Crippen MR) is 72.0 cm³/mol. The summed E-state index contributed by atoms with van der Waals surface area (Å²) < 4.78 is 5.41. The lowest BCUT2D eigenvalue weighted by Gasteiger charge is -2.12. The molecular weight excluding hydrogens is 242 g/mol. The number of hydrogen-bond acceptors (Lipinski definition) is 4. The molecule has 0 saturated heterocycles. The van der Waals surface area contributed by atoms with E-state index in [9.17, 15) is 4.79 Å². The molecule has 0 saturated carbocycles. The first-order valence-electron chi connectivity index (χ1n) is 5.81. The van der Waals surface area contributed by atoms with Crippen molar-refractivity contribution in [2.45, 2.75) is 13.8 Å². The van der Waals surface area contributed by atoms with Crippen LogP contribution in [0.1, 0.15) is 21.7 Å². The summed E-state index contributed by atoms with van der Waals surface area (Å²) in [5.41, 5.74) is 8.74. The van der Waals surface area contributed by atoms with Gasteiger partial charge in [-0.15, -0.1) is 0 Å². The Morgan fingerprint density at radius 2 is 2.05 bits per heavy atom. The van der Waals surface area contributed by atoms with Crippen molar-refractivity contribution in [1.82, 2.24) is 9.97 Å². The van der Waals surface area contributed by atoms with Gasteiger partial charge in [-0.2, -0.15) is 0 Å². The van der Waals surface area contributed by atoms with E-state index < -0.39 is 5.91 Å². The number of nitrogens with zero attached hydrogens (tertiary/aromatic N) is 2. The number of ether oxygens (including phenoxy) is 1. The third kappa shape index (κ3) is 2.54. The minimum absolute atomic E-state index is 0.00119. The van der Waals surface area contributed by atoms with E-state index in [1.54, 1.807) is 13.2 Å². The van der Waals surface area contributed by atoms with Crippen LogP contribution in [0.25, 0.3) is 11.3 Å². The summed E-state index contributed by atoms with van der Waals surface area (Å²) in [6.45, 7) is 3.96. The third-order valence-electron chi connectivity index (χ3n) is 2.78. The highest BCUT2D eigenvalue weighted by atomic mass is 16.5. The lowest BCUT2D eigenvalue weighted by Crippen LogP contribution is -2.15. The molecule has 2 rings (SSSR count). The van der Waals surface area contributed by atoms with E-state index in [0.29, 0.717) is 5.69 Å². The molecule has 98 valence electrons. The Hall–Kier alpha value is -2.43. The summed E-state index contributed by atoms with van der Waals surface area (Å²) in [5, 5.41) is 0. The van der Waals surface area contributed by atoms with Crippen LogP contribution < -0.4 is 10.5 Å². The van der Waals surface area contributed by atoms with E-state index >= 15 is 0 Å². The second kappa shape index (κ2) is 5.06. The number of amides is 1. The smallest absolute Gasteiger partial charge is 0.286 e. The molecule has 2 aromatic rings. The van der Waals surface area contributed by atoms with Crippen molar-refractivity contribution in [2.75, 3.05) is 7.11 Å². The van der Waals surface area contributed by atoms with Crippen molar-refractivity contribution in [3.8, 4) is 17.0 Å². The van der Waals surface area contributed by atoms with Crippen LogP contribution >= 0.6 is 0 Å². The SMILES string of the molecule is COc1c(C)cc(C)cc1-c1ccnc(C(N)=O)n1. The van der Waals surface area contributed by atoms with Crippen molar-refractivity contribution >= 4 is 5.91 Å². The zero-order chi connectivity index (χ0) is 14.0. The molecular formula is C14H15N3O2. The number of aromatic nitrogens is 2. The second-order valence-corrected chi connectivity index (χ2v) is 4.29. The molecule has 1 amide bonds. The van der Waals surface area contributed by atoms with Crippen molar-refractivity contribution in [3.05, 3.63) is 41.3 Å². The monoisotopic (exact) mass is 257 g/mol. The summed E-state index contributed by atoms with van der Waals surface area (Å²) in [4.78, 5) is 19.1. The zero-order valence-electron chi connectivity index (χ0n) is 11.1. The first-order valence-corrected chi connectivity index (χ1v) is 5.81. The van der Waals surface area contributed by atoms with Gasteiger partial charge < -0.3 is 10.5 Å². The Morgan fingerprint density at radius 1 is 1.32 bits per heavy atom. The molecule has 0 aliphatic rings. The largest absolute Gasteiger partial charge is 0.496 e. The number of hydrogen-bond donors (Lipinski definition) is 1. The predicted octanol–water partition coefficient (Wildman–Crippen LogP) is 1.87. The normalized spacial score (nSPS) is 10.3. The van der Waals surface area contributed by atoms with Crippen LogP contribution in [0.2, 0.25) is 0 Å². The summed E-state index contributed by atoms with van der Waals surface area (Å²) in [6, 6.07) is 5.71. The molecule has 0 aliphatic heterocycles. The van der Waals surface area contributed by atoms with Gasteiger partial charge in [0, 0.05) is 11.8 Å². The van der Waals surface area contributed by atoms with Gasteiger partial charge in [-0.25, -0.2) is 9.97 Å². The van der Waals surface area contributed by atoms with Crippen LogP contribution in [0.4, 0.5) is 0 Å². The number of methoxy groups -OCH3 is 1. The van der Waals surface area contributed by atoms with Crippen LogP contribution in [-0.2, 0) is 0 Å². The number of primary amides is 1. The van der Waals surface area contributed by atoms with Gasteiger partial charge in [0.1, 0.15) is 5.75 Å². The Balaban J connectivity index is 2.64. The van der Waals surface area contributed by atoms with E-state index in [1.165, 1.54) is 6.20 Å². The van der Waals surface area contributed by atoms with Gasteiger partial charge in [0.05, 0.1) is 12.8 Å². The number of benzene rings is 1. The summed E-state index contributed by atoms with van der Waals surface area (Å²) >= 11 is 0. The molecule has 1 aromatic heterocycles. The highest BCUT2D eigenvalue weighted by Gasteiger charge is 2.13. The fourth-order valence-electron chi connectivity index (χ4n) is 2.04. The van der Waals surface area contributed by atoms with Gasteiger partial charge in [-0.05, 0) is 37.1 Å². The Labute approximate surface area is 111 Å². The van der Waals surface area contributed by atoms with Crippen LogP contribution in [0.3, 0.4) is 0 Å². The van der Waals surface area contributed by atoms with Crippen LogP contribution in [0, 0.1) is 13.8 Å². The molecule has 5 heteroatoms. The van der Waals surface area contributed by atoms with Crippen molar-refractivity contribution in [2.24, 2.45) is 5.73 Å². The molecule has 1 heterocycles. The first kappa shape index (κ1) is 13.0. The molecule has 19 heavy (non-hydrogen) atoms. The van der Waals surface area contributed by atoms with Gasteiger partial charge in [0.2, 0.25) is 5.82 Å². The van der Waals surface area contributed by atoms with Gasteiger partial charge in [-0.1, -0.05) is 6.07 Å². The molecule has 0 spiro atoms. The van der Waals surface area contributed by atoms with Crippen molar-refractivity contribution in [1.29, 1.82) is 0 Å². The number of rotatable bonds is 3. The summed E-state index contributed by atoms with van der Waals surface area (Å²) in [6.07, 6.45) is 1.51. The molecule has 0 bridgehead atoms. The summed E-state index contributed by atoms with van der Waals surface area (Å²) in [7, 11) is 1.61. The van der Waals surface area contributed by atoms with Crippen LogP contribution in [0.5, 0.6) is 5.75 Å². The molecule has 0 radical (unpaired) electrons. The topological polar surface area (TPSA) is 78.1 Å². The minimum atomic E-state index is -0.648. The maximum absolute atomic E-state index is 11.1. The Morgan fingerprint density at radius 3 is 2.68 bits per heavy atom. The molecule has 1 aromatic carbocycles. The number of carbonyl (C=O) groups excluding carboxylic acids is 1. The lowest BCUT2D eigenvalue weighted by molar-refractivity contribution is 0.0990. The average Bonchev–Trinajstić information content (AvgIpc) is 2.38. The van der Waals surface area contributed by atoms with Crippen LogP contribution in [-0.4, -0.2) is 23.0 Å². The third-order valence-corrected chi connectivity index (χ3v) is 2.78. The zero-order valence-corrected chi connectivity index (χ0v) is 11.1. The lowest BCUT2D eigenvalue weighted by atomic mass is 10.0.